The molecule has 0 aliphatic heterocycles. The normalized spacial score (nSPS) is 13.0. The molecule has 0 saturated carbocycles. The lowest BCUT2D eigenvalue weighted by molar-refractivity contribution is -0.137. The molecule has 0 N–H and O–H groups in total. The van der Waals surface area contributed by atoms with Gasteiger partial charge in [-0.3, -0.25) is 4.79 Å². The summed E-state index contributed by atoms with van der Waals surface area (Å²) >= 11 is 3.31. The van der Waals surface area contributed by atoms with E-state index in [-0.39, 0.29) is 12.2 Å². The van der Waals surface area contributed by atoms with Crippen LogP contribution in [0.4, 0.5) is 13.2 Å². The standard InChI is InChI=1S/C19H18BrF3O3/c1-25-18(26-2)16(11-17(24)13-5-9-15(20)10-6-13)12-3-7-14(8-4-12)19(21,22)23/h3-10,16,18H,11H2,1-2H3. The topological polar surface area (TPSA) is 35.5 Å². The predicted molar refractivity (Wildman–Crippen MR) is 95.1 cm³/mol. The number of hydrogen-bond donors (Lipinski definition) is 0. The van der Waals surface area contributed by atoms with E-state index in [0.29, 0.717) is 11.1 Å². The van der Waals surface area contributed by atoms with Crippen molar-refractivity contribution in [1.82, 2.24) is 0 Å². The summed E-state index contributed by atoms with van der Waals surface area (Å²) in [6.45, 7) is 0. The monoisotopic (exact) mass is 430 g/mol. The fourth-order valence-corrected chi connectivity index (χ4v) is 2.93. The molecule has 0 aliphatic rings. The second-order valence-corrected chi connectivity index (χ2v) is 6.62. The molecule has 0 aromatic heterocycles. The Hall–Kier alpha value is -1.70. The van der Waals surface area contributed by atoms with E-state index >= 15 is 0 Å². The second-order valence-electron chi connectivity index (χ2n) is 5.70. The fraction of sp³-hybridized carbons (Fsp3) is 0.316. The van der Waals surface area contributed by atoms with E-state index in [9.17, 15) is 18.0 Å². The molecule has 1 atom stereocenters. The Bertz CT molecular complexity index is 723. The van der Waals surface area contributed by atoms with Crippen molar-refractivity contribution in [2.24, 2.45) is 0 Å². The van der Waals surface area contributed by atoms with Crippen molar-refractivity contribution in [3.8, 4) is 0 Å². The van der Waals surface area contributed by atoms with Crippen LogP contribution in [0.1, 0.15) is 33.8 Å². The molecule has 0 heterocycles. The zero-order valence-electron chi connectivity index (χ0n) is 14.2. The summed E-state index contributed by atoms with van der Waals surface area (Å²) in [6, 6.07) is 11.6. The first-order valence-corrected chi connectivity index (χ1v) is 8.57. The highest BCUT2D eigenvalue weighted by atomic mass is 79.9. The lowest BCUT2D eigenvalue weighted by atomic mass is 9.90. The van der Waals surface area contributed by atoms with Crippen LogP contribution in [0.2, 0.25) is 0 Å². The van der Waals surface area contributed by atoms with Gasteiger partial charge in [-0.25, -0.2) is 0 Å². The SMILES string of the molecule is COC(OC)C(CC(=O)c1ccc(Br)cc1)c1ccc(C(F)(F)F)cc1. The first-order valence-electron chi connectivity index (χ1n) is 7.77. The van der Waals surface area contributed by atoms with Gasteiger partial charge in [0.2, 0.25) is 0 Å². The van der Waals surface area contributed by atoms with Crippen LogP contribution in [0.5, 0.6) is 0 Å². The largest absolute Gasteiger partial charge is 0.416 e. The van der Waals surface area contributed by atoms with Gasteiger partial charge >= 0.3 is 6.18 Å². The summed E-state index contributed by atoms with van der Waals surface area (Å²) in [4.78, 5) is 12.6. The maximum atomic E-state index is 12.8. The van der Waals surface area contributed by atoms with Crippen LogP contribution in [0.15, 0.2) is 53.0 Å². The average molecular weight is 431 g/mol. The molecule has 26 heavy (non-hydrogen) atoms. The second kappa shape index (κ2) is 8.79. The molecule has 0 spiro atoms. The number of carbonyl (C=O) groups excluding carboxylic acids is 1. The highest BCUT2D eigenvalue weighted by Gasteiger charge is 2.31. The quantitative estimate of drug-likeness (QED) is 0.433. The van der Waals surface area contributed by atoms with Crippen LogP contribution < -0.4 is 0 Å². The average Bonchev–Trinajstić information content (AvgIpc) is 2.61. The minimum Gasteiger partial charge on any atom is -0.355 e. The fourth-order valence-electron chi connectivity index (χ4n) is 2.67. The molecule has 3 nitrogen and oxygen atoms in total. The third kappa shape index (κ3) is 5.16. The number of ketones is 1. The lowest BCUT2D eigenvalue weighted by Gasteiger charge is -2.25. The molecular weight excluding hydrogens is 413 g/mol. The Morgan fingerprint density at radius 2 is 1.54 bits per heavy atom. The van der Waals surface area contributed by atoms with Gasteiger partial charge in [0.05, 0.1) is 5.56 Å². The van der Waals surface area contributed by atoms with Gasteiger partial charge in [-0.15, -0.1) is 0 Å². The van der Waals surface area contributed by atoms with Crippen LogP contribution in [-0.4, -0.2) is 26.3 Å². The van der Waals surface area contributed by atoms with Crippen molar-refractivity contribution in [3.05, 3.63) is 69.7 Å². The molecule has 0 aliphatic carbocycles. The molecule has 2 rings (SSSR count). The van der Waals surface area contributed by atoms with Crippen LogP contribution in [0.3, 0.4) is 0 Å². The number of methoxy groups -OCH3 is 2. The van der Waals surface area contributed by atoms with Gasteiger partial charge in [0, 0.05) is 36.6 Å². The molecule has 0 radical (unpaired) electrons. The number of rotatable bonds is 7. The van der Waals surface area contributed by atoms with Gasteiger partial charge in [-0.05, 0) is 29.8 Å². The first kappa shape index (κ1) is 20.6. The maximum absolute atomic E-state index is 12.8. The Morgan fingerprint density at radius 1 is 1.00 bits per heavy atom. The molecule has 1 unspecified atom stereocenters. The summed E-state index contributed by atoms with van der Waals surface area (Å²) in [6.07, 6.45) is -5.13. The number of hydrogen-bond acceptors (Lipinski definition) is 3. The van der Waals surface area contributed by atoms with Crippen LogP contribution >= 0.6 is 15.9 Å². The van der Waals surface area contributed by atoms with Gasteiger partial charge in [0.1, 0.15) is 0 Å². The van der Waals surface area contributed by atoms with Gasteiger partial charge in [-0.2, -0.15) is 13.2 Å². The van der Waals surface area contributed by atoms with Gasteiger partial charge in [0.15, 0.2) is 12.1 Å². The summed E-state index contributed by atoms with van der Waals surface area (Å²) in [5.41, 5.74) is 0.304. The third-order valence-corrected chi connectivity index (χ3v) is 4.56. The van der Waals surface area contributed by atoms with E-state index in [1.165, 1.54) is 26.4 Å². The van der Waals surface area contributed by atoms with Crippen molar-refractivity contribution in [2.45, 2.75) is 24.8 Å². The molecule has 0 bridgehead atoms. The third-order valence-electron chi connectivity index (χ3n) is 4.03. The number of benzene rings is 2. The molecule has 0 fully saturated rings. The molecule has 2 aromatic rings. The number of alkyl halides is 3. The molecule has 2 aromatic carbocycles. The van der Waals surface area contributed by atoms with Crippen LogP contribution in [-0.2, 0) is 15.7 Å². The maximum Gasteiger partial charge on any atom is 0.416 e. The molecule has 7 heteroatoms. The van der Waals surface area contributed by atoms with Crippen LogP contribution in [0, 0.1) is 0 Å². The van der Waals surface area contributed by atoms with E-state index in [1.54, 1.807) is 24.3 Å². The zero-order valence-corrected chi connectivity index (χ0v) is 15.8. The number of ether oxygens (including phenoxy) is 2. The summed E-state index contributed by atoms with van der Waals surface area (Å²) in [7, 11) is 2.85. The lowest BCUT2D eigenvalue weighted by Crippen LogP contribution is -2.25. The van der Waals surface area contributed by atoms with Crippen molar-refractivity contribution in [3.63, 3.8) is 0 Å². The first-order chi connectivity index (χ1) is 12.3. The van der Waals surface area contributed by atoms with Gasteiger partial charge in [0.25, 0.3) is 0 Å². The van der Waals surface area contributed by atoms with Crippen LogP contribution in [0.25, 0.3) is 0 Å². The Morgan fingerprint density at radius 3 is 2.00 bits per heavy atom. The van der Waals surface area contributed by atoms with E-state index in [1.807, 2.05) is 0 Å². The van der Waals surface area contributed by atoms with Crippen molar-refractivity contribution >= 4 is 21.7 Å². The van der Waals surface area contributed by atoms with E-state index in [4.69, 9.17) is 9.47 Å². The van der Waals surface area contributed by atoms with E-state index in [2.05, 4.69) is 15.9 Å². The Kier molecular flexibility index (Phi) is 6.97. The summed E-state index contributed by atoms with van der Waals surface area (Å²) in [5.74, 6) is -0.690. The molecule has 0 saturated heterocycles. The minimum absolute atomic E-state index is 0.0410. The van der Waals surface area contributed by atoms with E-state index in [0.717, 1.165) is 16.6 Å². The number of carbonyl (C=O) groups is 1. The van der Waals surface area contributed by atoms with Crippen molar-refractivity contribution in [1.29, 1.82) is 0 Å². The highest BCUT2D eigenvalue weighted by molar-refractivity contribution is 9.10. The molecule has 0 amide bonds. The molecular formula is C19H18BrF3O3. The van der Waals surface area contributed by atoms with Gasteiger partial charge < -0.3 is 9.47 Å². The Balaban J connectivity index is 2.28. The molecule has 140 valence electrons. The van der Waals surface area contributed by atoms with Gasteiger partial charge in [-0.1, -0.05) is 40.2 Å². The smallest absolute Gasteiger partial charge is 0.355 e. The summed E-state index contributed by atoms with van der Waals surface area (Å²) < 4.78 is 49.7. The highest BCUT2D eigenvalue weighted by Crippen LogP contribution is 2.33. The van der Waals surface area contributed by atoms with Crippen molar-refractivity contribution in [2.75, 3.05) is 14.2 Å². The minimum atomic E-state index is -4.41. The number of Topliss-reactive ketones (excluding diaryl/α,β-unsaturated/α-hetero) is 1. The zero-order chi connectivity index (χ0) is 19.3. The Labute approximate surface area is 158 Å². The van der Waals surface area contributed by atoms with E-state index < -0.39 is 23.9 Å². The summed E-state index contributed by atoms with van der Waals surface area (Å²) in [5, 5.41) is 0. The van der Waals surface area contributed by atoms with Crippen molar-refractivity contribution < 1.29 is 27.4 Å². The predicted octanol–water partition coefficient (Wildman–Crippen LogP) is 5.44. The number of halogens is 4.